The van der Waals surface area contributed by atoms with Gasteiger partial charge in [-0.2, -0.15) is 5.10 Å². The van der Waals surface area contributed by atoms with E-state index in [1.807, 2.05) is 33.8 Å². The van der Waals surface area contributed by atoms with Crippen molar-refractivity contribution in [2.75, 3.05) is 5.32 Å². The van der Waals surface area contributed by atoms with E-state index < -0.39 is 5.41 Å². The van der Waals surface area contributed by atoms with E-state index >= 15 is 0 Å². The number of rotatable bonds is 2. The molecule has 7 heteroatoms. The lowest BCUT2D eigenvalue weighted by Gasteiger charge is -2.15. The van der Waals surface area contributed by atoms with Crippen molar-refractivity contribution in [2.24, 2.45) is 12.5 Å². The van der Waals surface area contributed by atoms with Crippen LogP contribution in [0, 0.1) is 12.3 Å². The van der Waals surface area contributed by atoms with Gasteiger partial charge in [-0.25, -0.2) is 0 Å². The summed E-state index contributed by atoms with van der Waals surface area (Å²) in [6, 6.07) is 1.93. The minimum absolute atomic E-state index is 0.0915. The summed E-state index contributed by atoms with van der Waals surface area (Å²) in [6.45, 7) is 7.31. The topological polar surface area (TPSA) is 85.8 Å². The normalized spacial score (nSPS) is 11.6. The van der Waals surface area contributed by atoms with Gasteiger partial charge in [0, 0.05) is 12.5 Å². The summed E-state index contributed by atoms with van der Waals surface area (Å²) < 4.78 is 7.07. The van der Waals surface area contributed by atoms with E-state index in [2.05, 4.69) is 20.6 Å². The summed E-state index contributed by atoms with van der Waals surface area (Å²) in [6.07, 6.45) is 0. The van der Waals surface area contributed by atoms with Crippen molar-refractivity contribution in [2.45, 2.75) is 27.7 Å². The fourth-order valence-corrected chi connectivity index (χ4v) is 1.47. The van der Waals surface area contributed by atoms with Crippen LogP contribution in [0.3, 0.4) is 0 Å². The summed E-state index contributed by atoms with van der Waals surface area (Å²) in [4.78, 5) is 11.8. The lowest BCUT2D eigenvalue weighted by Crippen LogP contribution is -2.27. The molecule has 0 spiro atoms. The average molecular weight is 263 g/mol. The van der Waals surface area contributed by atoms with Crippen LogP contribution in [0.2, 0.25) is 0 Å². The Labute approximate surface area is 111 Å². The molecule has 2 aromatic heterocycles. The molecular formula is C12H17N5O2. The van der Waals surface area contributed by atoms with Crippen molar-refractivity contribution in [1.82, 2.24) is 20.0 Å². The van der Waals surface area contributed by atoms with Crippen molar-refractivity contribution in [1.29, 1.82) is 0 Å². The second kappa shape index (κ2) is 4.49. The number of nitrogens with zero attached hydrogens (tertiary/aromatic N) is 4. The van der Waals surface area contributed by atoms with Gasteiger partial charge in [-0.3, -0.25) is 14.8 Å². The molecule has 2 rings (SSSR count). The first-order valence-electron chi connectivity index (χ1n) is 5.93. The van der Waals surface area contributed by atoms with Gasteiger partial charge in [-0.05, 0) is 13.0 Å². The minimum atomic E-state index is -0.516. The van der Waals surface area contributed by atoms with E-state index in [4.69, 9.17) is 4.42 Å². The van der Waals surface area contributed by atoms with Crippen LogP contribution < -0.4 is 5.32 Å². The Morgan fingerprint density at radius 3 is 2.58 bits per heavy atom. The van der Waals surface area contributed by atoms with E-state index in [-0.39, 0.29) is 11.9 Å². The van der Waals surface area contributed by atoms with Crippen LogP contribution in [0.4, 0.5) is 6.01 Å². The maximum absolute atomic E-state index is 11.8. The van der Waals surface area contributed by atoms with Crippen LogP contribution in [-0.4, -0.2) is 25.9 Å². The molecule has 0 radical (unpaired) electrons. The van der Waals surface area contributed by atoms with Crippen molar-refractivity contribution in [3.63, 3.8) is 0 Å². The fourth-order valence-electron chi connectivity index (χ4n) is 1.47. The number of hydrogen-bond donors (Lipinski definition) is 1. The molecule has 19 heavy (non-hydrogen) atoms. The summed E-state index contributed by atoms with van der Waals surface area (Å²) >= 11 is 0. The molecule has 2 heterocycles. The van der Waals surface area contributed by atoms with E-state index in [0.29, 0.717) is 11.6 Å². The number of hydrogen-bond acceptors (Lipinski definition) is 5. The zero-order valence-electron chi connectivity index (χ0n) is 11.7. The molecule has 0 aromatic carbocycles. The number of carbonyl (C=O) groups is 1. The van der Waals surface area contributed by atoms with E-state index in [9.17, 15) is 4.79 Å². The highest BCUT2D eigenvalue weighted by Crippen LogP contribution is 2.21. The lowest BCUT2D eigenvalue weighted by molar-refractivity contribution is -0.123. The standard InChI is InChI=1S/C12H17N5O2/c1-7-6-8(17(5)16-7)9-14-15-11(19-9)13-10(18)12(2,3)4/h6H,1-5H3,(H,13,15,18). The Morgan fingerprint density at radius 2 is 2.05 bits per heavy atom. The van der Waals surface area contributed by atoms with Crippen molar-refractivity contribution < 1.29 is 9.21 Å². The number of carbonyl (C=O) groups excluding carboxylic acids is 1. The van der Waals surface area contributed by atoms with E-state index in [1.165, 1.54) is 0 Å². The van der Waals surface area contributed by atoms with Crippen LogP contribution in [0.25, 0.3) is 11.6 Å². The second-order valence-corrected chi connectivity index (χ2v) is 5.41. The molecule has 0 saturated carbocycles. The van der Waals surface area contributed by atoms with E-state index in [0.717, 1.165) is 5.69 Å². The zero-order valence-corrected chi connectivity index (χ0v) is 11.7. The largest absolute Gasteiger partial charge is 0.401 e. The predicted octanol–water partition coefficient (Wildman–Crippen LogP) is 1.76. The predicted molar refractivity (Wildman–Crippen MR) is 69.3 cm³/mol. The van der Waals surface area contributed by atoms with Gasteiger partial charge < -0.3 is 4.42 Å². The number of aryl methyl sites for hydroxylation is 2. The molecule has 1 amide bonds. The van der Waals surface area contributed by atoms with Crippen LogP contribution in [-0.2, 0) is 11.8 Å². The Hall–Kier alpha value is -2.18. The highest BCUT2D eigenvalue weighted by Gasteiger charge is 2.23. The maximum atomic E-state index is 11.8. The second-order valence-electron chi connectivity index (χ2n) is 5.41. The molecule has 1 N–H and O–H groups in total. The number of anilines is 1. The number of nitrogens with one attached hydrogen (secondary N) is 1. The first-order valence-corrected chi connectivity index (χ1v) is 5.93. The van der Waals surface area contributed by atoms with Crippen molar-refractivity contribution in [3.05, 3.63) is 11.8 Å². The third-order valence-electron chi connectivity index (χ3n) is 2.55. The van der Waals surface area contributed by atoms with Gasteiger partial charge in [0.2, 0.25) is 5.91 Å². The van der Waals surface area contributed by atoms with Gasteiger partial charge in [0.15, 0.2) is 0 Å². The van der Waals surface area contributed by atoms with Crippen LogP contribution in [0.15, 0.2) is 10.5 Å². The third-order valence-corrected chi connectivity index (χ3v) is 2.55. The third kappa shape index (κ3) is 2.81. The molecule has 7 nitrogen and oxygen atoms in total. The Morgan fingerprint density at radius 1 is 1.37 bits per heavy atom. The molecule has 0 aliphatic heterocycles. The molecule has 0 saturated heterocycles. The Balaban J connectivity index is 2.20. The van der Waals surface area contributed by atoms with Gasteiger partial charge in [-0.15, -0.1) is 5.10 Å². The summed E-state index contributed by atoms with van der Waals surface area (Å²) in [7, 11) is 1.79. The van der Waals surface area contributed by atoms with E-state index in [1.54, 1.807) is 11.7 Å². The highest BCUT2D eigenvalue weighted by molar-refractivity contribution is 5.92. The first-order chi connectivity index (χ1) is 8.77. The molecule has 0 aliphatic carbocycles. The van der Waals surface area contributed by atoms with Crippen molar-refractivity contribution in [3.8, 4) is 11.6 Å². The molecular weight excluding hydrogens is 246 g/mol. The van der Waals surface area contributed by atoms with Crippen LogP contribution in [0.1, 0.15) is 26.5 Å². The molecule has 0 bridgehead atoms. The minimum Gasteiger partial charge on any atom is -0.401 e. The summed E-state index contributed by atoms with van der Waals surface area (Å²) in [5.41, 5.74) is 1.05. The Kier molecular flexibility index (Phi) is 3.13. The highest BCUT2D eigenvalue weighted by atomic mass is 16.4. The zero-order chi connectivity index (χ0) is 14.2. The van der Waals surface area contributed by atoms with Crippen LogP contribution in [0.5, 0.6) is 0 Å². The van der Waals surface area contributed by atoms with Gasteiger partial charge >= 0.3 is 6.01 Å². The fraction of sp³-hybridized carbons (Fsp3) is 0.500. The van der Waals surface area contributed by atoms with Crippen LogP contribution >= 0.6 is 0 Å². The average Bonchev–Trinajstić information content (AvgIpc) is 2.84. The molecule has 0 unspecified atom stereocenters. The molecule has 2 aromatic rings. The summed E-state index contributed by atoms with van der Waals surface area (Å²) in [5, 5.41) is 14.5. The smallest absolute Gasteiger partial charge is 0.322 e. The lowest BCUT2D eigenvalue weighted by atomic mass is 9.96. The van der Waals surface area contributed by atoms with Gasteiger partial charge in [-0.1, -0.05) is 25.9 Å². The molecule has 0 atom stereocenters. The number of aromatic nitrogens is 4. The van der Waals surface area contributed by atoms with Gasteiger partial charge in [0.05, 0.1) is 5.69 Å². The Bertz CT molecular complexity index is 606. The van der Waals surface area contributed by atoms with Gasteiger partial charge in [0.25, 0.3) is 5.89 Å². The number of amides is 1. The first kappa shape index (κ1) is 13.3. The summed E-state index contributed by atoms with van der Waals surface area (Å²) in [5.74, 6) is 0.149. The maximum Gasteiger partial charge on any atom is 0.322 e. The van der Waals surface area contributed by atoms with Gasteiger partial charge in [0.1, 0.15) is 5.69 Å². The molecule has 0 fully saturated rings. The monoisotopic (exact) mass is 263 g/mol. The molecule has 0 aliphatic rings. The van der Waals surface area contributed by atoms with Crippen molar-refractivity contribution >= 4 is 11.9 Å². The quantitative estimate of drug-likeness (QED) is 0.892. The SMILES string of the molecule is Cc1cc(-c2nnc(NC(=O)C(C)(C)C)o2)n(C)n1. The molecule has 102 valence electrons.